The fourth-order valence-corrected chi connectivity index (χ4v) is 4.09. The number of nitrogens with zero attached hydrogens (tertiary/aromatic N) is 3. The van der Waals surface area contributed by atoms with Gasteiger partial charge < -0.3 is 9.47 Å². The second-order valence-electron chi connectivity index (χ2n) is 4.59. The fourth-order valence-electron chi connectivity index (χ4n) is 2.28. The number of esters is 1. The van der Waals surface area contributed by atoms with Gasteiger partial charge in [0.2, 0.25) is 15.2 Å². The molecule has 14 heteroatoms. The molecule has 13 nitrogen and oxygen atoms in total. The van der Waals surface area contributed by atoms with E-state index in [0.29, 0.717) is 12.1 Å². The summed E-state index contributed by atoms with van der Waals surface area (Å²) in [5.41, 5.74) is -2.76. The number of hydrogen-bond donors (Lipinski definition) is 0. The number of amides is 1. The molecule has 0 radical (unpaired) electrons. The topological polar surface area (TPSA) is 176 Å². The van der Waals surface area contributed by atoms with Crippen LogP contribution in [0.4, 0.5) is 21.9 Å². The predicted octanol–water partition coefficient (Wildman–Crippen LogP) is 0.362. The van der Waals surface area contributed by atoms with Crippen LogP contribution in [0.1, 0.15) is 0 Å². The molecule has 1 heterocycles. The smallest absolute Gasteiger partial charge is 0.415 e. The van der Waals surface area contributed by atoms with Gasteiger partial charge in [0, 0.05) is 6.07 Å². The van der Waals surface area contributed by atoms with Crippen LogP contribution in [-0.2, 0) is 24.1 Å². The number of ether oxygens (including phenoxy) is 2. The van der Waals surface area contributed by atoms with Crippen molar-refractivity contribution in [3.05, 3.63) is 32.4 Å². The highest BCUT2D eigenvalue weighted by Gasteiger charge is 2.55. The summed E-state index contributed by atoms with van der Waals surface area (Å²) in [4.78, 5) is 43.1. The predicted molar refractivity (Wildman–Crippen MR) is 77.6 cm³/mol. The zero-order chi connectivity index (χ0) is 19.1. The van der Waals surface area contributed by atoms with Crippen LogP contribution in [0, 0.1) is 20.2 Å². The number of fused-ring (bicyclic) bond motifs is 1. The highest BCUT2D eigenvalue weighted by Crippen LogP contribution is 2.47. The Morgan fingerprint density at radius 3 is 2.16 bits per heavy atom. The van der Waals surface area contributed by atoms with E-state index < -0.39 is 59.1 Å². The molecule has 0 aliphatic carbocycles. The second-order valence-corrected chi connectivity index (χ2v) is 6.56. The van der Waals surface area contributed by atoms with Gasteiger partial charge in [-0.25, -0.2) is 22.9 Å². The van der Waals surface area contributed by atoms with Gasteiger partial charge in [-0.3, -0.25) is 20.2 Å². The molecule has 25 heavy (non-hydrogen) atoms. The van der Waals surface area contributed by atoms with Gasteiger partial charge in [-0.05, 0) is 0 Å². The van der Waals surface area contributed by atoms with Gasteiger partial charge in [0.15, 0.2) is 0 Å². The first-order valence-corrected chi connectivity index (χ1v) is 7.78. The van der Waals surface area contributed by atoms with Gasteiger partial charge in [-0.1, -0.05) is 0 Å². The summed E-state index contributed by atoms with van der Waals surface area (Å²) < 4.78 is 33.9. The third kappa shape index (κ3) is 2.61. The molecule has 0 fully saturated rings. The minimum Gasteiger partial charge on any atom is -0.467 e. The monoisotopic (exact) mass is 375 g/mol. The Bertz CT molecular complexity index is 909. The van der Waals surface area contributed by atoms with Gasteiger partial charge in [0.05, 0.1) is 30.1 Å². The maximum atomic E-state index is 12.6. The average Bonchev–Trinajstić information content (AvgIpc) is 2.80. The van der Waals surface area contributed by atoms with Crippen LogP contribution in [0.25, 0.3) is 0 Å². The van der Waals surface area contributed by atoms with Crippen LogP contribution in [0.3, 0.4) is 0 Å². The molecule has 0 saturated carbocycles. The van der Waals surface area contributed by atoms with E-state index in [1.54, 1.807) is 0 Å². The number of methoxy groups -OCH3 is 2. The van der Waals surface area contributed by atoms with Gasteiger partial charge in [-0.15, -0.1) is 0 Å². The van der Waals surface area contributed by atoms with E-state index in [4.69, 9.17) is 0 Å². The Morgan fingerprint density at radius 2 is 1.72 bits per heavy atom. The number of nitro benzene ring substituents is 2. The van der Waals surface area contributed by atoms with Crippen molar-refractivity contribution >= 4 is 39.0 Å². The lowest BCUT2D eigenvalue weighted by Gasteiger charge is -2.20. The van der Waals surface area contributed by atoms with Gasteiger partial charge >= 0.3 is 17.7 Å². The number of anilines is 1. The summed E-state index contributed by atoms with van der Waals surface area (Å²) in [6.07, 6.45) is -1.39. The van der Waals surface area contributed by atoms with Crippen LogP contribution in [0.15, 0.2) is 17.0 Å². The largest absolute Gasteiger partial charge is 0.467 e. The summed E-state index contributed by atoms with van der Waals surface area (Å²) in [7, 11) is -3.03. The molecule has 1 aliphatic rings. The second kappa shape index (κ2) is 5.97. The number of hydrogen-bond acceptors (Lipinski definition) is 10. The molecule has 1 aromatic carbocycles. The lowest BCUT2D eigenvalue weighted by Crippen LogP contribution is -2.46. The van der Waals surface area contributed by atoms with Crippen molar-refractivity contribution in [2.45, 2.75) is 10.3 Å². The van der Waals surface area contributed by atoms with Gasteiger partial charge in [-0.2, -0.15) is 0 Å². The molecule has 0 spiro atoms. The molecular formula is C11H9N3O10S. The fraction of sp³-hybridized carbons (Fsp3) is 0.273. The molecule has 0 bridgehead atoms. The standard InChI is InChI=1S/C11H9N3O10S/c1-23-10(15)9-12(11(16)24-2)8-6(14(19)20)3-5(13(17)18)4-7(8)25(9,21)22/h3-4,9H,1-2H3. The van der Waals surface area contributed by atoms with Crippen molar-refractivity contribution in [3.8, 4) is 0 Å². The van der Waals surface area contributed by atoms with Gasteiger partial charge in [0.1, 0.15) is 10.6 Å². The number of carbonyl (C=O) groups excluding carboxylic acids is 2. The van der Waals surface area contributed by atoms with E-state index in [2.05, 4.69) is 9.47 Å². The van der Waals surface area contributed by atoms with E-state index in [1.807, 2.05) is 0 Å². The molecule has 1 amide bonds. The van der Waals surface area contributed by atoms with Crippen LogP contribution >= 0.6 is 0 Å². The first-order chi connectivity index (χ1) is 11.6. The van der Waals surface area contributed by atoms with Crippen molar-refractivity contribution in [2.75, 3.05) is 19.1 Å². The van der Waals surface area contributed by atoms with Crippen LogP contribution in [-0.4, -0.2) is 49.9 Å². The Kier molecular flexibility index (Phi) is 4.31. The molecule has 134 valence electrons. The quantitative estimate of drug-likeness (QED) is 0.407. The molecular weight excluding hydrogens is 366 g/mol. The number of non-ortho nitro benzene ring substituents is 1. The van der Waals surface area contributed by atoms with Crippen molar-refractivity contribution in [1.29, 1.82) is 0 Å². The van der Waals surface area contributed by atoms with Crippen molar-refractivity contribution in [1.82, 2.24) is 0 Å². The maximum Gasteiger partial charge on any atom is 0.415 e. The van der Waals surface area contributed by atoms with Crippen LogP contribution in [0.5, 0.6) is 0 Å². The number of carbonyl (C=O) groups is 2. The van der Waals surface area contributed by atoms with E-state index in [1.165, 1.54) is 0 Å². The van der Waals surface area contributed by atoms with E-state index in [9.17, 15) is 38.2 Å². The third-order valence-electron chi connectivity index (χ3n) is 3.30. The highest BCUT2D eigenvalue weighted by molar-refractivity contribution is 7.93. The number of sulfone groups is 1. The third-order valence-corrected chi connectivity index (χ3v) is 5.21. The number of benzene rings is 1. The highest BCUT2D eigenvalue weighted by atomic mass is 32.2. The number of nitro groups is 2. The van der Waals surface area contributed by atoms with E-state index in [-0.39, 0.29) is 4.90 Å². The van der Waals surface area contributed by atoms with E-state index >= 15 is 0 Å². The number of rotatable bonds is 3. The minimum absolute atomic E-state index is 0.221. The lowest BCUT2D eigenvalue weighted by atomic mass is 10.2. The SMILES string of the molecule is COC(=O)C1N(C(=O)OC)c2c([N+](=O)[O-])cc([N+](=O)[O-])cc2S1(=O)=O. The Hall–Kier alpha value is -3.29. The lowest BCUT2D eigenvalue weighted by molar-refractivity contribution is -0.394. The first-order valence-electron chi connectivity index (χ1n) is 6.23. The summed E-state index contributed by atoms with van der Waals surface area (Å²) >= 11 is 0. The molecule has 0 aromatic heterocycles. The molecule has 1 aromatic rings. The molecule has 1 aliphatic heterocycles. The van der Waals surface area contributed by atoms with Gasteiger partial charge in [0.25, 0.3) is 5.69 Å². The Morgan fingerprint density at radius 1 is 1.12 bits per heavy atom. The van der Waals surface area contributed by atoms with Crippen LogP contribution < -0.4 is 4.90 Å². The summed E-state index contributed by atoms with van der Waals surface area (Å²) in [5.74, 6) is -1.42. The summed E-state index contributed by atoms with van der Waals surface area (Å²) in [6, 6.07) is 1.00. The summed E-state index contributed by atoms with van der Waals surface area (Å²) in [6.45, 7) is 0. The normalized spacial score (nSPS) is 17.5. The zero-order valence-corrected chi connectivity index (χ0v) is 13.4. The first kappa shape index (κ1) is 18.1. The molecule has 0 N–H and O–H groups in total. The average molecular weight is 375 g/mol. The van der Waals surface area contributed by atoms with Crippen molar-refractivity contribution in [2.24, 2.45) is 0 Å². The molecule has 2 rings (SSSR count). The maximum absolute atomic E-state index is 12.6. The summed E-state index contributed by atoms with van der Waals surface area (Å²) in [5, 5.41) is 19.9. The Balaban J connectivity index is 2.95. The van der Waals surface area contributed by atoms with Crippen molar-refractivity contribution in [3.63, 3.8) is 0 Å². The molecule has 1 atom stereocenters. The zero-order valence-electron chi connectivity index (χ0n) is 12.6. The minimum atomic E-state index is -4.73. The van der Waals surface area contributed by atoms with E-state index in [0.717, 1.165) is 14.2 Å². The molecule has 0 saturated heterocycles. The molecule has 1 unspecified atom stereocenters. The Labute approximate surface area is 138 Å². The van der Waals surface area contributed by atoms with Crippen molar-refractivity contribution < 1.29 is 37.3 Å². The van der Waals surface area contributed by atoms with Crippen LogP contribution in [0.2, 0.25) is 0 Å².